The number of hydrogen-bond donors (Lipinski definition) is 0. The van der Waals surface area contributed by atoms with Crippen molar-refractivity contribution >= 4 is 23.9 Å². The summed E-state index contributed by atoms with van der Waals surface area (Å²) in [4.78, 5) is 50.2. The highest BCUT2D eigenvalue weighted by atomic mass is 16.6. The van der Waals surface area contributed by atoms with E-state index >= 15 is 0 Å². The van der Waals surface area contributed by atoms with Gasteiger partial charge >= 0.3 is 23.9 Å². The highest BCUT2D eigenvalue weighted by molar-refractivity contribution is 5.86. The number of cyclic esters (lactones) is 2. The van der Waals surface area contributed by atoms with Crippen LogP contribution < -0.4 is 0 Å². The summed E-state index contributed by atoms with van der Waals surface area (Å²) in [7, 11) is 2.80. The van der Waals surface area contributed by atoms with Gasteiger partial charge in [-0.2, -0.15) is 0 Å². The van der Waals surface area contributed by atoms with Gasteiger partial charge < -0.3 is 18.9 Å². The van der Waals surface area contributed by atoms with Crippen molar-refractivity contribution in [1.29, 1.82) is 0 Å². The van der Waals surface area contributed by atoms with Crippen molar-refractivity contribution < 1.29 is 38.1 Å². The van der Waals surface area contributed by atoms with Crippen LogP contribution in [0.1, 0.15) is 145 Å². The third-order valence-corrected chi connectivity index (χ3v) is 19.3. The average Bonchev–Trinajstić information content (AvgIpc) is 3.13. The lowest BCUT2D eigenvalue weighted by atomic mass is 9.43. The van der Waals surface area contributed by atoms with E-state index in [0.717, 1.165) is 51.4 Å². The lowest BCUT2D eigenvalue weighted by Crippen LogP contribution is -2.64. The number of carbonyl (C=O) groups is 4. The molecule has 0 N–H and O–H groups in total. The van der Waals surface area contributed by atoms with Crippen LogP contribution in [0, 0.1) is 79.8 Å². The maximum absolute atomic E-state index is 13.1. The van der Waals surface area contributed by atoms with Crippen molar-refractivity contribution in [2.24, 2.45) is 79.8 Å². The Labute approximate surface area is 337 Å². The van der Waals surface area contributed by atoms with Crippen LogP contribution in [0.3, 0.4) is 0 Å². The predicted octanol–water partition coefficient (Wildman–Crippen LogP) is 9.83. The van der Waals surface area contributed by atoms with Gasteiger partial charge in [-0.1, -0.05) is 79.7 Å². The zero-order valence-electron chi connectivity index (χ0n) is 36.4. The van der Waals surface area contributed by atoms with E-state index in [1.54, 1.807) is 0 Å². The van der Waals surface area contributed by atoms with Crippen molar-refractivity contribution in [2.45, 2.75) is 157 Å². The van der Waals surface area contributed by atoms with Crippen LogP contribution >= 0.6 is 0 Å². The highest BCUT2D eigenvalue weighted by Gasteiger charge is 2.68. The van der Waals surface area contributed by atoms with Gasteiger partial charge in [0.25, 0.3) is 0 Å². The first-order valence-corrected chi connectivity index (χ1v) is 22.1. The van der Waals surface area contributed by atoms with Gasteiger partial charge in [0.2, 0.25) is 0 Å². The number of carbonyl (C=O) groups excluding carboxylic acids is 4. The van der Waals surface area contributed by atoms with Crippen molar-refractivity contribution in [3.63, 3.8) is 0 Å². The Balaban J connectivity index is 0.000000172. The van der Waals surface area contributed by atoms with E-state index in [-0.39, 0.29) is 92.2 Å². The molecule has 0 amide bonds. The van der Waals surface area contributed by atoms with Crippen molar-refractivity contribution in [3.8, 4) is 0 Å². The number of fused-ring (bicyclic) bond motifs is 4. The normalized spacial score (nSPS) is 50.7. The topological polar surface area (TPSA) is 105 Å². The van der Waals surface area contributed by atoms with Crippen LogP contribution in [0.25, 0.3) is 0 Å². The maximum atomic E-state index is 13.1. The van der Waals surface area contributed by atoms with Crippen LogP contribution in [-0.2, 0) is 38.1 Å². The van der Waals surface area contributed by atoms with Crippen LogP contribution in [0.4, 0.5) is 0 Å². The highest BCUT2D eigenvalue weighted by Crippen LogP contribution is 2.69. The molecule has 56 heavy (non-hydrogen) atoms. The monoisotopic (exact) mass is 777 g/mol. The molecule has 0 spiro atoms. The van der Waals surface area contributed by atoms with Crippen molar-refractivity contribution in [1.82, 2.24) is 0 Å². The molecule has 0 unspecified atom stereocenters. The summed E-state index contributed by atoms with van der Waals surface area (Å²) in [6, 6.07) is 0. The molecule has 0 aromatic carbocycles. The minimum absolute atomic E-state index is 0.0453. The zero-order chi connectivity index (χ0) is 41.0. The van der Waals surface area contributed by atoms with Gasteiger partial charge in [0.15, 0.2) is 0 Å². The fourth-order valence-electron chi connectivity index (χ4n) is 15.1. The molecule has 16 atom stereocenters. The zero-order valence-corrected chi connectivity index (χ0v) is 36.4. The lowest BCUT2D eigenvalue weighted by Gasteiger charge is -2.64. The van der Waals surface area contributed by atoms with E-state index in [1.165, 1.54) is 63.9 Å². The molecule has 2 saturated heterocycles. The van der Waals surface area contributed by atoms with Crippen LogP contribution in [0.2, 0.25) is 0 Å². The average molecular weight is 777 g/mol. The first-order valence-electron chi connectivity index (χ1n) is 22.1. The molecule has 8 aliphatic rings. The number of esters is 4. The van der Waals surface area contributed by atoms with Gasteiger partial charge in [-0.15, -0.1) is 0 Å². The number of methoxy groups -OCH3 is 2. The van der Waals surface area contributed by atoms with E-state index in [1.807, 2.05) is 0 Å². The fraction of sp³-hybridized carbons (Fsp3) is 0.833. The summed E-state index contributed by atoms with van der Waals surface area (Å²) in [6.07, 6.45) is 14.7. The predicted molar refractivity (Wildman–Crippen MR) is 215 cm³/mol. The van der Waals surface area contributed by atoms with Crippen LogP contribution in [0.15, 0.2) is 24.3 Å². The summed E-state index contributed by atoms with van der Waals surface area (Å²) >= 11 is 0. The van der Waals surface area contributed by atoms with Gasteiger partial charge in [-0.25, -0.2) is 0 Å². The molecule has 0 aromatic rings. The summed E-state index contributed by atoms with van der Waals surface area (Å²) in [5.41, 5.74) is 2.69. The largest absolute Gasteiger partial charge is 0.469 e. The summed E-state index contributed by atoms with van der Waals surface area (Å²) in [5, 5.41) is 0. The molecule has 6 saturated carbocycles. The molecule has 6 aliphatic carbocycles. The first-order chi connectivity index (χ1) is 26.2. The minimum Gasteiger partial charge on any atom is -0.469 e. The Hall–Kier alpha value is -2.64. The van der Waals surface area contributed by atoms with Crippen molar-refractivity contribution in [3.05, 3.63) is 24.3 Å². The Bertz CT molecular complexity index is 1550. The molecule has 2 heterocycles. The molecular weight excluding hydrogens is 705 g/mol. The second kappa shape index (κ2) is 14.0. The molecule has 312 valence electrons. The molecule has 8 fully saturated rings. The second-order valence-corrected chi connectivity index (χ2v) is 21.7. The summed E-state index contributed by atoms with van der Waals surface area (Å²) < 4.78 is 22.2. The van der Waals surface area contributed by atoms with E-state index in [2.05, 4.69) is 68.5 Å². The maximum Gasteiger partial charge on any atom is 0.310 e. The second-order valence-electron chi connectivity index (χ2n) is 21.7. The summed E-state index contributed by atoms with van der Waals surface area (Å²) in [6.45, 7) is 27.5. The van der Waals surface area contributed by atoms with Gasteiger partial charge in [0, 0.05) is 10.8 Å². The molecule has 0 radical (unpaired) electrons. The summed E-state index contributed by atoms with van der Waals surface area (Å²) in [5.74, 6) is -0.253. The van der Waals surface area contributed by atoms with Crippen LogP contribution in [-0.4, -0.2) is 50.3 Å². The Kier molecular flexibility index (Phi) is 10.4. The SMILES string of the molecule is C=C1CCC[C@@H]2[C@@](C)([C@@H]3C[C@]4(C)C[C@@H](C(=O)OC)[C@@H]4C(=O)O3)[C@H](C)CC[C@@]12C.C=C1CCC[C@@H]2[C@@](C)([C@@H]3C[C@]4(C)C[C@@H](C(=O)OC)[C@@H]4C(=O)O3)[C@H](C)CC[C@@]12C. The Morgan fingerprint density at radius 2 is 0.964 bits per heavy atom. The van der Waals surface area contributed by atoms with E-state index in [0.29, 0.717) is 23.7 Å². The first kappa shape index (κ1) is 41.5. The fourth-order valence-corrected chi connectivity index (χ4v) is 15.1. The van der Waals surface area contributed by atoms with E-state index in [4.69, 9.17) is 18.9 Å². The molecule has 8 rings (SSSR count). The third kappa shape index (κ3) is 5.84. The minimum atomic E-state index is -0.341. The molecule has 0 bridgehead atoms. The quantitative estimate of drug-likeness (QED) is 0.158. The van der Waals surface area contributed by atoms with Gasteiger partial charge in [-0.3, -0.25) is 19.2 Å². The number of ether oxygens (including phenoxy) is 4. The smallest absolute Gasteiger partial charge is 0.310 e. The number of rotatable bonds is 4. The van der Waals surface area contributed by atoms with Gasteiger partial charge in [0.1, 0.15) is 12.2 Å². The molecular formula is C48H72O8. The number of hydrogen-bond acceptors (Lipinski definition) is 8. The molecule has 8 nitrogen and oxygen atoms in total. The number of allylic oxidation sites excluding steroid dienone is 2. The van der Waals surface area contributed by atoms with Gasteiger partial charge in [-0.05, 0) is 135 Å². The Morgan fingerprint density at radius 1 is 0.607 bits per heavy atom. The Morgan fingerprint density at radius 3 is 1.29 bits per heavy atom. The van der Waals surface area contributed by atoms with Crippen molar-refractivity contribution in [2.75, 3.05) is 14.2 Å². The molecule has 8 heteroatoms. The third-order valence-electron chi connectivity index (χ3n) is 19.3. The van der Waals surface area contributed by atoms with Gasteiger partial charge in [0.05, 0.1) is 37.9 Å². The lowest BCUT2D eigenvalue weighted by molar-refractivity contribution is -0.230. The van der Waals surface area contributed by atoms with E-state index < -0.39 is 0 Å². The molecule has 0 aromatic heterocycles. The standard InChI is InChI=1S/2C24H36O4/c2*1-14-8-7-9-17-23(14,4)11-10-15(2)24(17,5)18-13-22(3)12-16(20(25)27-6)19(22)21(26)28-18/h2*15-19H,1,7-13H2,2-6H3/t2*15-,16-,17+,18+,19-,22+,23+,24+/m11/s1. The van der Waals surface area contributed by atoms with Crippen LogP contribution in [0.5, 0.6) is 0 Å². The molecule has 2 aliphatic heterocycles. The van der Waals surface area contributed by atoms with E-state index in [9.17, 15) is 19.2 Å².